The zero-order valence-corrected chi connectivity index (χ0v) is 16.8. The fraction of sp³-hybridized carbons (Fsp3) is 0.125. The van der Waals surface area contributed by atoms with Gasteiger partial charge in [0.15, 0.2) is 0 Å². The summed E-state index contributed by atoms with van der Waals surface area (Å²) >= 11 is 0. The largest absolute Gasteiger partial charge is 0.497 e. The Morgan fingerprint density at radius 2 is 1.70 bits per heavy atom. The maximum Gasteiger partial charge on any atom is 0.278 e. The van der Waals surface area contributed by atoms with Gasteiger partial charge in [0.2, 0.25) is 0 Å². The van der Waals surface area contributed by atoms with Crippen molar-refractivity contribution in [1.29, 1.82) is 0 Å². The SMILES string of the molecule is COc1ccc(C2=C(Nc3ccc(C)cc3)C(=O)N(Cc3cccnc3)C2=O)cc1. The van der Waals surface area contributed by atoms with Crippen LogP contribution in [-0.4, -0.2) is 28.8 Å². The minimum atomic E-state index is -0.366. The number of benzene rings is 2. The van der Waals surface area contributed by atoms with E-state index in [-0.39, 0.29) is 24.1 Å². The highest BCUT2D eigenvalue weighted by molar-refractivity contribution is 6.36. The standard InChI is InChI=1S/C24H21N3O3/c1-16-5-9-19(10-6-16)26-22-21(18-7-11-20(30-2)12-8-18)23(28)27(24(22)29)15-17-4-3-13-25-14-17/h3-14,26H,15H2,1-2H3. The van der Waals surface area contributed by atoms with Gasteiger partial charge in [0, 0.05) is 18.1 Å². The van der Waals surface area contributed by atoms with Crippen molar-refractivity contribution in [3.8, 4) is 5.75 Å². The van der Waals surface area contributed by atoms with E-state index in [2.05, 4.69) is 10.3 Å². The smallest absolute Gasteiger partial charge is 0.278 e. The lowest BCUT2D eigenvalue weighted by molar-refractivity contribution is -0.137. The molecule has 0 radical (unpaired) electrons. The predicted octanol–water partition coefficient (Wildman–Crippen LogP) is 3.79. The topological polar surface area (TPSA) is 71.5 Å². The van der Waals surface area contributed by atoms with E-state index in [9.17, 15) is 9.59 Å². The Morgan fingerprint density at radius 3 is 2.33 bits per heavy atom. The lowest BCUT2D eigenvalue weighted by atomic mass is 10.0. The second-order valence-electron chi connectivity index (χ2n) is 7.03. The second-order valence-corrected chi connectivity index (χ2v) is 7.03. The Bertz CT molecular complexity index is 1100. The van der Waals surface area contributed by atoms with Crippen LogP contribution in [0.4, 0.5) is 5.69 Å². The van der Waals surface area contributed by atoms with Crippen LogP contribution >= 0.6 is 0 Å². The predicted molar refractivity (Wildman–Crippen MR) is 115 cm³/mol. The highest BCUT2D eigenvalue weighted by Crippen LogP contribution is 2.32. The molecule has 0 atom stereocenters. The molecule has 0 saturated heterocycles. The average Bonchev–Trinajstić information content (AvgIpc) is 3.00. The number of hydrogen-bond acceptors (Lipinski definition) is 5. The van der Waals surface area contributed by atoms with E-state index >= 15 is 0 Å². The first kappa shape index (κ1) is 19.4. The first-order valence-electron chi connectivity index (χ1n) is 9.54. The Hall–Kier alpha value is -3.93. The molecule has 2 aromatic carbocycles. The van der Waals surface area contributed by atoms with Gasteiger partial charge in [-0.1, -0.05) is 35.9 Å². The zero-order valence-electron chi connectivity index (χ0n) is 16.8. The van der Waals surface area contributed by atoms with Crippen LogP contribution in [0.15, 0.2) is 78.8 Å². The highest BCUT2D eigenvalue weighted by atomic mass is 16.5. The highest BCUT2D eigenvalue weighted by Gasteiger charge is 2.39. The molecule has 150 valence electrons. The zero-order chi connectivity index (χ0) is 21.1. The average molecular weight is 399 g/mol. The maximum absolute atomic E-state index is 13.3. The number of carbonyl (C=O) groups excluding carboxylic acids is 2. The van der Waals surface area contributed by atoms with Crippen LogP contribution in [0.5, 0.6) is 5.75 Å². The number of nitrogens with one attached hydrogen (secondary N) is 1. The number of rotatable bonds is 6. The number of anilines is 1. The molecule has 0 fully saturated rings. The van der Waals surface area contributed by atoms with Crippen molar-refractivity contribution in [2.45, 2.75) is 13.5 Å². The number of pyridine rings is 1. The molecule has 0 saturated carbocycles. The number of aromatic nitrogens is 1. The molecular weight excluding hydrogens is 378 g/mol. The van der Waals surface area contributed by atoms with E-state index < -0.39 is 0 Å². The number of carbonyl (C=O) groups is 2. The summed E-state index contributed by atoms with van der Waals surface area (Å²) in [6, 6.07) is 18.4. The molecule has 4 rings (SSSR count). The maximum atomic E-state index is 13.3. The third kappa shape index (κ3) is 3.80. The summed E-state index contributed by atoms with van der Waals surface area (Å²) in [5, 5.41) is 3.16. The summed E-state index contributed by atoms with van der Waals surface area (Å²) in [4.78, 5) is 31.8. The van der Waals surface area contributed by atoms with Crippen LogP contribution in [0.3, 0.4) is 0 Å². The third-order valence-corrected chi connectivity index (χ3v) is 4.93. The van der Waals surface area contributed by atoms with Crippen LogP contribution in [0.2, 0.25) is 0 Å². The van der Waals surface area contributed by atoms with E-state index in [1.54, 1.807) is 49.8 Å². The summed E-state index contributed by atoms with van der Waals surface area (Å²) in [5.41, 5.74) is 3.88. The number of imide groups is 1. The van der Waals surface area contributed by atoms with Gasteiger partial charge in [-0.25, -0.2) is 0 Å². The fourth-order valence-electron chi connectivity index (χ4n) is 3.32. The van der Waals surface area contributed by atoms with Gasteiger partial charge in [-0.05, 0) is 48.4 Å². The van der Waals surface area contributed by atoms with Crippen molar-refractivity contribution >= 4 is 23.1 Å². The van der Waals surface area contributed by atoms with Crippen LogP contribution in [0.1, 0.15) is 16.7 Å². The lowest BCUT2D eigenvalue weighted by Gasteiger charge is -2.15. The van der Waals surface area contributed by atoms with Gasteiger partial charge < -0.3 is 10.1 Å². The Labute approximate surface area is 174 Å². The second kappa shape index (κ2) is 8.21. The van der Waals surface area contributed by atoms with Gasteiger partial charge >= 0.3 is 0 Å². The van der Waals surface area contributed by atoms with Crippen LogP contribution < -0.4 is 10.1 Å². The van der Waals surface area contributed by atoms with Crippen LogP contribution in [0, 0.1) is 6.92 Å². The van der Waals surface area contributed by atoms with E-state index in [4.69, 9.17) is 4.74 Å². The number of aryl methyl sites for hydroxylation is 1. The molecule has 1 N–H and O–H groups in total. The van der Waals surface area contributed by atoms with Crippen LogP contribution in [0.25, 0.3) is 5.57 Å². The molecule has 3 aromatic rings. The number of nitrogens with zero attached hydrogens (tertiary/aromatic N) is 2. The van der Waals surface area contributed by atoms with Crippen LogP contribution in [-0.2, 0) is 16.1 Å². The first-order chi connectivity index (χ1) is 14.6. The summed E-state index contributed by atoms with van der Waals surface area (Å²) in [6.45, 7) is 2.15. The molecule has 0 spiro atoms. The van der Waals surface area contributed by atoms with E-state index in [0.717, 1.165) is 16.8 Å². The van der Waals surface area contributed by atoms with Crippen molar-refractivity contribution in [2.24, 2.45) is 0 Å². The Morgan fingerprint density at radius 1 is 0.967 bits per heavy atom. The molecule has 6 nitrogen and oxygen atoms in total. The molecule has 2 amide bonds. The quantitative estimate of drug-likeness (QED) is 0.639. The molecule has 0 aliphatic carbocycles. The van der Waals surface area contributed by atoms with E-state index in [1.165, 1.54) is 4.90 Å². The van der Waals surface area contributed by atoms with Crippen molar-refractivity contribution in [3.63, 3.8) is 0 Å². The normalized spacial score (nSPS) is 13.7. The van der Waals surface area contributed by atoms with Gasteiger partial charge in [0.25, 0.3) is 11.8 Å². The van der Waals surface area contributed by atoms with Crippen molar-refractivity contribution in [1.82, 2.24) is 9.88 Å². The number of ether oxygens (including phenoxy) is 1. The molecule has 1 aliphatic heterocycles. The van der Waals surface area contributed by atoms with Gasteiger partial charge in [-0.3, -0.25) is 19.5 Å². The summed E-state index contributed by atoms with van der Waals surface area (Å²) < 4.78 is 5.21. The first-order valence-corrected chi connectivity index (χ1v) is 9.54. The summed E-state index contributed by atoms with van der Waals surface area (Å²) in [7, 11) is 1.58. The number of hydrogen-bond donors (Lipinski definition) is 1. The van der Waals surface area contributed by atoms with Gasteiger partial charge in [0.05, 0.1) is 19.2 Å². The third-order valence-electron chi connectivity index (χ3n) is 4.93. The molecule has 1 aliphatic rings. The number of methoxy groups -OCH3 is 1. The Kier molecular flexibility index (Phi) is 5.30. The van der Waals surface area contributed by atoms with E-state index in [0.29, 0.717) is 16.9 Å². The molecule has 0 bridgehead atoms. The van der Waals surface area contributed by atoms with Gasteiger partial charge in [0.1, 0.15) is 11.4 Å². The van der Waals surface area contributed by atoms with Gasteiger partial charge in [-0.15, -0.1) is 0 Å². The molecular formula is C24H21N3O3. The van der Waals surface area contributed by atoms with Crippen molar-refractivity contribution < 1.29 is 14.3 Å². The molecule has 1 aromatic heterocycles. The molecule has 6 heteroatoms. The fourth-order valence-corrected chi connectivity index (χ4v) is 3.32. The Balaban J connectivity index is 1.73. The molecule has 0 unspecified atom stereocenters. The number of amides is 2. The molecule has 30 heavy (non-hydrogen) atoms. The van der Waals surface area contributed by atoms with Crippen molar-refractivity contribution in [3.05, 3.63) is 95.4 Å². The van der Waals surface area contributed by atoms with E-state index in [1.807, 2.05) is 37.3 Å². The van der Waals surface area contributed by atoms with Crippen molar-refractivity contribution in [2.75, 3.05) is 12.4 Å². The minimum absolute atomic E-state index is 0.157. The summed E-state index contributed by atoms with van der Waals surface area (Å²) in [5.74, 6) is -0.0322. The minimum Gasteiger partial charge on any atom is -0.497 e. The molecule has 2 heterocycles. The monoisotopic (exact) mass is 399 g/mol. The van der Waals surface area contributed by atoms with Gasteiger partial charge in [-0.2, -0.15) is 0 Å². The summed E-state index contributed by atoms with van der Waals surface area (Å²) in [6.07, 6.45) is 3.31. The lowest BCUT2D eigenvalue weighted by Crippen LogP contribution is -2.32.